The van der Waals surface area contributed by atoms with Crippen LogP contribution in [-0.2, 0) is 11.2 Å². The van der Waals surface area contributed by atoms with Crippen molar-refractivity contribution in [3.63, 3.8) is 0 Å². The molecule has 4 rings (SSSR count). The van der Waals surface area contributed by atoms with Crippen LogP contribution in [0.4, 0.5) is 4.39 Å². The highest BCUT2D eigenvalue weighted by Gasteiger charge is 2.22. The maximum absolute atomic E-state index is 13.5. The predicted molar refractivity (Wildman–Crippen MR) is 101 cm³/mol. The van der Waals surface area contributed by atoms with Gasteiger partial charge in [0.2, 0.25) is 0 Å². The number of nitrogens with one attached hydrogen (secondary N) is 1. The van der Waals surface area contributed by atoms with Crippen molar-refractivity contribution in [3.05, 3.63) is 53.5 Å². The summed E-state index contributed by atoms with van der Waals surface area (Å²) in [7, 11) is 0. The molecule has 0 radical (unpaired) electrons. The fourth-order valence-corrected chi connectivity index (χ4v) is 3.68. The van der Waals surface area contributed by atoms with Gasteiger partial charge in [-0.25, -0.2) is 4.39 Å². The average molecular weight is 366 g/mol. The first kappa shape index (κ1) is 17.2. The zero-order valence-corrected chi connectivity index (χ0v) is 15.0. The Morgan fingerprint density at radius 2 is 2.00 bits per heavy atom. The Hall–Kier alpha value is -3.22. The number of carbonyl (C=O) groups is 1. The number of aliphatic carboxylic acids is 1. The first-order chi connectivity index (χ1) is 13.0. The van der Waals surface area contributed by atoms with Crippen LogP contribution in [-0.4, -0.2) is 31.1 Å². The number of aromatic amines is 1. The molecule has 0 atom stereocenters. The van der Waals surface area contributed by atoms with E-state index in [1.807, 2.05) is 12.1 Å². The molecule has 0 bridgehead atoms. The maximum Gasteiger partial charge on any atom is 0.303 e. The lowest BCUT2D eigenvalue weighted by Crippen LogP contribution is -2.06. The molecule has 2 heterocycles. The van der Waals surface area contributed by atoms with E-state index in [0.717, 1.165) is 38.9 Å². The van der Waals surface area contributed by atoms with Crippen molar-refractivity contribution < 1.29 is 14.3 Å². The quantitative estimate of drug-likeness (QED) is 0.555. The van der Waals surface area contributed by atoms with Gasteiger partial charge in [0.05, 0.1) is 11.0 Å². The summed E-state index contributed by atoms with van der Waals surface area (Å²) < 4.78 is 15.5. The summed E-state index contributed by atoms with van der Waals surface area (Å²) in [5, 5.41) is 21.0. The summed E-state index contributed by atoms with van der Waals surface area (Å²) in [5.74, 6) is -0.988. The van der Waals surface area contributed by atoms with E-state index in [-0.39, 0.29) is 18.2 Å². The Labute approximate surface area is 154 Å². The largest absolute Gasteiger partial charge is 0.481 e. The van der Waals surface area contributed by atoms with E-state index in [2.05, 4.69) is 33.8 Å². The second-order valence-electron chi connectivity index (χ2n) is 6.92. The van der Waals surface area contributed by atoms with Crippen LogP contribution in [0.2, 0.25) is 0 Å². The lowest BCUT2D eigenvalue weighted by Gasteiger charge is -2.15. The van der Waals surface area contributed by atoms with Gasteiger partial charge in [-0.05, 0) is 54.3 Å². The van der Waals surface area contributed by atoms with Gasteiger partial charge in [0.15, 0.2) is 0 Å². The molecule has 0 spiro atoms. The summed E-state index contributed by atoms with van der Waals surface area (Å²) in [6, 6.07) is 10.2. The first-order valence-electron chi connectivity index (χ1n) is 8.81. The van der Waals surface area contributed by atoms with Gasteiger partial charge in [0.1, 0.15) is 11.3 Å². The zero-order chi connectivity index (χ0) is 19.1. The van der Waals surface area contributed by atoms with Crippen LogP contribution < -0.4 is 0 Å². The summed E-state index contributed by atoms with van der Waals surface area (Å²) in [5.41, 5.74) is 5.28. The molecule has 2 aromatic carbocycles. The highest BCUT2D eigenvalue weighted by atomic mass is 19.1. The molecule has 2 N–H and O–H groups in total. The van der Waals surface area contributed by atoms with Crippen molar-refractivity contribution in [3.8, 4) is 5.69 Å². The standard InChI is InChI=1S/C20H19FN4O2/c1-11(2)20-14(7-8-19(26)27)15-9-16-17(23-24-22-16)10-18(15)25(20)13-5-3-12(21)4-6-13/h3-6,9-11H,7-8H2,1-2H3,(H,26,27)(H,22,23,24). The number of halogens is 1. The molecule has 2 aromatic heterocycles. The maximum atomic E-state index is 13.5. The van der Waals surface area contributed by atoms with E-state index in [9.17, 15) is 14.3 Å². The minimum atomic E-state index is -0.838. The summed E-state index contributed by atoms with van der Waals surface area (Å²) in [6.45, 7) is 4.15. The molecule has 0 saturated heterocycles. The molecule has 4 aromatic rings. The molecule has 0 fully saturated rings. The van der Waals surface area contributed by atoms with Crippen molar-refractivity contribution in [1.29, 1.82) is 0 Å². The fourth-order valence-electron chi connectivity index (χ4n) is 3.68. The number of fused-ring (bicyclic) bond motifs is 2. The fraction of sp³-hybridized carbons (Fsp3) is 0.250. The van der Waals surface area contributed by atoms with Gasteiger partial charge in [0.25, 0.3) is 0 Å². The van der Waals surface area contributed by atoms with E-state index in [4.69, 9.17) is 0 Å². The molecule has 138 valence electrons. The SMILES string of the molecule is CC(C)c1c(CCC(=O)O)c2cc3nn[nH]c3cc2n1-c1ccc(F)cc1. The van der Waals surface area contributed by atoms with Crippen LogP contribution in [0.15, 0.2) is 36.4 Å². The number of carboxylic acid groups (broad SMARTS) is 1. The van der Waals surface area contributed by atoms with Crippen molar-refractivity contribution in [2.45, 2.75) is 32.6 Å². The molecule has 0 amide bonds. The minimum absolute atomic E-state index is 0.0408. The average Bonchev–Trinajstić information content (AvgIpc) is 3.20. The number of nitrogens with zero attached hydrogens (tertiary/aromatic N) is 3. The lowest BCUT2D eigenvalue weighted by atomic mass is 9.99. The van der Waals surface area contributed by atoms with Gasteiger partial charge >= 0.3 is 5.97 Å². The topological polar surface area (TPSA) is 83.8 Å². The second kappa shape index (κ2) is 6.50. The van der Waals surface area contributed by atoms with Crippen molar-refractivity contribution in [2.24, 2.45) is 0 Å². The van der Waals surface area contributed by atoms with Crippen molar-refractivity contribution in [1.82, 2.24) is 20.0 Å². The van der Waals surface area contributed by atoms with E-state index >= 15 is 0 Å². The highest BCUT2D eigenvalue weighted by Crippen LogP contribution is 2.36. The van der Waals surface area contributed by atoms with Crippen molar-refractivity contribution in [2.75, 3.05) is 0 Å². The van der Waals surface area contributed by atoms with Gasteiger partial charge in [0, 0.05) is 23.2 Å². The zero-order valence-electron chi connectivity index (χ0n) is 15.0. The molecule has 7 heteroatoms. The number of hydrogen-bond donors (Lipinski definition) is 2. The number of aromatic nitrogens is 4. The predicted octanol–water partition coefficient (Wildman–Crippen LogP) is 4.18. The number of benzene rings is 2. The lowest BCUT2D eigenvalue weighted by molar-refractivity contribution is -0.136. The minimum Gasteiger partial charge on any atom is -0.481 e. The molecule has 27 heavy (non-hydrogen) atoms. The third-order valence-corrected chi connectivity index (χ3v) is 4.78. The van der Waals surface area contributed by atoms with Crippen molar-refractivity contribution >= 4 is 27.9 Å². The van der Waals surface area contributed by atoms with E-state index in [1.54, 1.807) is 12.1 Å². The second-order valence-corrected chi connectivity index (χ2v) is 6.92. The number of hydrogen-bond acceptors (Lipinski definition) is 3. The van der Waals surface area contributed by atoms with Gasteiger partial charge in [-0.2, -0.15) is 0 Å². The molecule has 0 aliphatic rings. The number of H-pyrrole nitrogens is 1. The Kier molecular flexibility index (Phi) is 4.14. The third-order valence-electron chi connectivity index (χ3n) is 4.78. The van der Waals surface area contributed by atoms with E-state index in [1.165, 1.54) is 12.1 Å². The third kappa shape index (κ3) is 2.95. The molecule has 0 aliphatic carbocycles. The van der Waals surface area contributed by atoms with E-state index < -0.39 is 5.97 Å². The normalized spacial score (nSPS) is 11.7. The van der Waals surface area contributed by atoms with Crippen LogP contribution in [0.1, 0.15) is 37.4 Å². The van der Waals surface area contributed by atoms with Crippen LogP contribution in [0.25, 0.3) is 27.6 Å². The van der Waals surface area contributed by atoms with E-state index in [0.29, 0.717) is 6.42 Å². The molecular formula is C20H19FN4O2. The van der Waals surface area contributed by atoms with Crippen LogP contribution in [0, 0.1) is 5.82 Å². The highest BCUT2D eigenvalue weighted by molar-refractivity contribution is 5.97. The number of carboxylic acids is 1. The van der Waals surface area contributed by atoms with Gasteiger partial charge in [-0.15, -0.1) is 5.10 Å². The van der Waals surface area contributed by atoms with Crippen LogP contribution in [0.3, 0.4) is 0 Å². The Balaban J connectivity index is 2.07. The van der Waals surface area contributed by atoms with Crippen LogP contribution in [0.5, 0.6) is 0 Å². The molecule has 0 saturated carbocycles. The molecule has 0 unspecified atom stereocenters. The summed E-state index contributed by atoms with van der Waals surface area (Å²) in [6.07, 6.45) is 0.454. The van der Waals surface area contributed by atoms with Gasteiger partial charge in [-0.1, -0.05) is 19.1 Å². The Morgan fingerprint density at radius 1 is 1.26 bits per heavy atom. The molecule has 0 aliphatic heterocycles. The Morgan fingerprint density at radius 3 is 2.67 bits per heavy atom. The van der Waals surface area contributed by atoms with Gasteiger partial charge < -0.3 is 9.67 Å². The monoisotopic (exact) mass is 366 g/mol. The van der Waals surface area contributed by atoms with Crippen LogP contribution >= 0.6 is 0 Å². The molecule has 6 nitrogen and oxygen atoms in total. The number of rotatable bonds is 5. The summed E-state index contributed by atoms with van der Waals surface area (Å²) >= 11 is 0. The smallest absolute Gasteiger partial charge is 0.303 e. The first-order valence-corrected chi connectivity index (χ1v) is 8.81. The Bertz CT molecular complexity index is 1140. The summed E-state index contributed by atoms with van der Waals surface area (Å²) in [4.78, 5) is 11.2. The van der Waals surface area contributed by atoms with Gasteiger partial charge in [-0.3, -0.25) is 9.89 Å². The molecular weight excluding hydrogens is 347 g/mol. The number of aryl methyl sites for hydroxylation is 1.